The van der Waals surface area contributed by atoms with E-state index in [-0.39, 0.29) is 23.8 Å². The average molecular weight is 410 g/mol. The Bertz CT molecular complexity index is 934. The number of nitrogens with zero attached hydrogens (tertiary/aromatic N) is 1. The van der Waals surface area contributed by atoms with Gasteiger partial charge in [0.05, 0.1) is 23.8 Å². The second-order valence-corrected chi connectivity index (χ2v) is 7.25. The molecule has 5 nitrogen and oxygen atoms in total. The second kappa shape index (κ2) is 7.29. The summed E-state index contributed by atoms with van der Waals surface area (Å²) >= 11 is 0. The number of hydrogen-bond acceptors (Lipinski definition) is 4. The quantitative estimate of drug-likeness (QED) is 0.763. The van der Waals surface area contributed by atoms with E-state index in [4.69, 9.17) is 4.74 Å². The van der Waals surface area contributed by atoms with Crippen molar-refractivity contribution in [1.29, 1.82) is 0 Å². The van der Waals surface area contributed by atoms with Crippen LogP contribution in [0.15, 0.2) is 36.5 Å². The lowest BCUT2D eigenvalue weighted by atomic mass is 9.76. The number of carbonyl (C=O) groups is 1. The smallest absolute Gasteiger partial charge is 0.403 e. The Morgan fingerprint density at radius 1 is 1.24 bits per heavy atom. The first-order valence-corrected chi connectivity index (χ1v) is 9.16. The fourth-order valence-electron chi connectivity index (χ4n) is 4.16. The van der Waals surface area contributed by atoms with Gasteiger partial charge in [-0.2, -0.15) is 0 Å². The van der Waals surface area contributed by atoms with Gasteiger partial charge in [0.25, 0.3) is 0 Å². The molecule has 1 N–H and O–H groups in total. The van der Waals surface area contributed by atoms with Gasteiger partial charge in [-0.05, 0) is 49.6 Å². The van der Waals surface area contributed by atoms with Crippen molar-refractivity contribution in [2.24, 2.45) is 5.92 Å². The number of aromatic nitrogens is 1. The number of carbonyl (C=O) groups excluding carboxylic acids is 1. The summed E-state index contributed by atoms with van der Waals surface area (Å²) in [5, 5.41) is 2.41. The third-order valence-electron chi connectivity index (χ3n) is 5.30. The second-order valence-electron chi connectivity index (χ2n) is 7.25. The fraction of sp³-hybridized carbons (Fsp3) is 0.400. The number of aryl methyl sites for hydroxylation is 1. The van der Waals surface area contributed by atoms with Crippen LogP contribution in [0.1, 0.15) is 30.0 Å². The normalized spacial score (nSPS) is 25.8. The van der Waals surface area contributed by atoms with Gasteiger partial charge in [-0.25, -0.2) is 4.39 Å². The van der Waals surface area contributed by atoms with Crippen LogP contribution in [0.25, 0.3) is 0 Å². The number of hydrogen-bond donors (Lipinski definition) is 1. The van der Waals surface area contributed by atoms with E-state index in [2.05, 4.69) is 15.0 Å². The maximum absolute atomic E-state index is 14.4. The van der Waals surface area contributed by atoms with E-state index >= 15 is 0 Å². The number of alkyl halides is 3. The molecule has 4 rings (SSSR count). The number of amides is 1. The van der Waals surface area contributed by atoms with Crippen LogP contribution in [0, 0.1) is 18.7 Å². The average Bonchev–Trinajstić information content (AvgIpc) is 3.25. The summed E-state index contributed by atoms with van der Waals surface area (Å²) < 4.78 is 61.3. The van der Waals surface area contributed by atoms with Crippen LogP contribution in [0.2, 0.25) is 0 Å². The number of fused-ring (bicyclic) bond motifs is 2. The van der Waals surface area contributed by atoms with Crippen molar-refractivity contribution >= 4 is 11.6 Å². The zero-order chi connectivity index (χ0) is 20.8. The molecule has 0 spiro atoms. The van der Waals surface area contributed by atoms with Crippen molar-refractivity contribution in [3.63, 3.8) is 0 Å². The molecule has 3 heterocycles. The highest BCUT2D eigenvalue weighted by atomic mass is 19.4. The van der Waals surface area contributed by atoms with E-state index < -0.39 is 29.8 Å². The monoisotopic (exact) mass is 410 g/mol. The van der Waals surface area contributed by atoms with E-state index in [1.165, 1.54) is 12.1 Å². The summed E-state index contributed by atoms with van der Waals surface area (Å²) in [5.41, 5.74) is 1.32. The standard InChI is InChI=1S/C20H18F4N2O3/c1-10-7-8-25-12(9-10)16-13-5-6-14(28-13)17(16)19(27)26-11-3-2-4-15(18(11)21)29-20(22,23)24/h2-4,7-9,13-14,16-17H,5-6H2,1H3,(H,26,27)/t13-,14+,16+,17+/m0/s1. The van der Waals surface area contributed by atoms with E-state index in [0.717, 1.165) is 18.1 Å². The van der Waals surface area contributed by atoms with E-state index in [1.807, 2.05) is 19.1 Å². The maximum atomic E-state index is 14.4. The lowest BCUT2D eigenvalue weighted by molar-refractivity contribution is -0.275. The fourth-order valence-corrected chi connectivity index (χ4v) is 4.16. The SMILES string of the molecule is Cc1ccnc([C@H]2[C@H](C(=O)Nc3cccc(OC(F)(F)F)c3F)[C@H]3CC[C@@H]2O3)c1. The lowest BCUT2D eigenvalue weighted by Crippen LogP contribution is -2.36. The molecule has 2 saturated heterocycles. The minimum absolute atomic E-state index is 0.171. The first kappa shape index (κ1) is 19.6. The van der Waals surface area contributed by atoms with E-state index in [0.29, 0.717) is 12.1 Å². The van der Waals surface area contributed by atoms with Crippen LogP contribution in [0.4, 0.5) is 23.2 Å². The topological polar surface area (TPSA) is 60.5 Å². The predicted molar refractivity (Wildman–Crippen MR) is 94.8 cm³/mol. The molecular formula is C20H18F4N2O3. The summed E-state index contributed by atoms with van der Waals surface area (Å²) in [6, 6.07) is 6.93. The van der Waals surface area contributed by atoms with Crippen LogP contribution in [0.5, 0.6) is 5.75 Å². The molecule has 0 radical (unpaired) electrons. The highest BCUT2D eigenvalue weighted by Crippen LogP contribution is 2.49. The third kappa shape index (κ3) is 3.91. The molecule has 9 heteroatoms. The van der Waals surface area contributed by atoms with Crippen molar-refractivity contribution in [3.8, 4) is 5.75 Å². The van der Waals surface area contributed by atoms with E-state index in [9.17, 15) is 22.4 Å². The van der Waals surface area contributed by atoms with Crippen molar-refractivity contribution in [2.75, 3.05) is 5.32 Å². The van der Waals surface area contributed by atoms with Crippen LogP contribution < -0.4 is 10.1 Å². The van der Waals surface area contributed by atoms with Gasteiger partial charge in [0.15, 0.2) is 11.6 Å². The van der Waals surface area contributed by atoms with Crippen molar-refractivity contribution in [1.82, 2.24) is 4.98 Å². The Kier molecular flexibility index (Phi) is 4.94. The molecule has 2 aliphatic rings. The molecule has 1 amide bonds. The van der Waals surface area contributed by atoms with Crippen LogP contribution in [-0.2, 0) is 9.53 Å². The minimum Gasteiger partial charge on any atom is -0.403 e. The number of pyridine rings is 1. The predicted octanol–water partition coefficient (Wildman–Crippen LogP) is 4.33. The zero-order valence-electron chi connectivity index (χ0n) is 15.4. The Hall–Kier alpha value is -2.68. The third-order valence-corrected chi connectivity index (χ3v) is 5.30. The molecule has 1 aromatic carbocycles. The molecule has 29 heavy (non-hydrogen) atoms. The van der Waals surface area contributed by atoms with Gasteiger partial charge in [-0.1, -0.05) is 6.07 Å². The van der Waals surface area contributed by atoms with Crippen molar-refractivity contribution in [3.05, 3.63) is 53.6 Å². The first-order chi connectivity index (χ1) is 13.7. The molecule has 0 unspecified atom stereocenters. The summed E-state index contributed by atoms with van der Waals surface area (Å²) in [5.74, 6) is -3.72. The van der Waals surface area contributed by atoms with Gasteiger partial charge in [0.1, 0.15) is 0 Å². The highest BCUT2D eigenvalue weighted by Gasteiger charge is 2.53. The lowest BCUT2D eigenvalue weighted by Gasteiger charge is -2.27. The van der Waals surface area contributed by atoms with E-state index in [1.54, 1.807) is 6.20 Å². The van der Waals surface area contributed by atoms with Gasteiger partial charge in [-0.3, -0.25) is 9.78 Å². The molecule has 4 atom stereocenters. The molecular weight excluding hydrogens is 392 g/mol. The molecule has 2 aromatic rings. The van der Waals surface area contributed by atoms with Crippen LogP contribution >= 0.6 is 0 Å². The number of anilines is 1. The number of benzene rings is 1. The highest BCUT2D eigenvalue weighted by molar-refractivity contribution is 5.94. The summed E-state index contributed by atoms with van der Waals surface area (Å²) in [6.07, 6.45) is -2.42. The van der Waals surface area contributed by atoms with Gasteiger partial charge < -0.3 is 14.8 Å². The van der Waals surface area contributed by atoms with Crippen molar-refractivity contribution < 1.29 is 31.8 Å². The number of ether oxygens (including phenoxy) is 2. The van der Waals surface area contributed by atoms with Crippen molar-refractivity contribution in [2.45, 2.75) is 44.3 Å². The Balaban J connectivity index is 1.59. The molecule has 0 aliphatic carbocycles. The minimum atomic E-state index is -5.04. The Morgan fingerprint density at radius 2 is 2.00 bits per heavy atom. The number of rotatable bonds is 4. The van der Waals surface area contributed by atoms with Gasteiger partial charge in [0.2, 0.25) is 5.91 Å². The molecule has 154 valence electrons. The number of halogens is 4. The van der Waals surface area contributed by atoms with Crippen LogP contribution in [-0.4, -0.2) is 29.5 Å². The van der Waals surface area contributed by atoms with Gasteiger partial charge in [-0.15, -0.1) is 13.2 Å². The largest absolute Gasteiger partial charge is 0.573 e. The summed E-state index contributed by atoms with van der Waals surface area (Å²) in [4.78, 5) is 17.3. The van der Waals surface area contributed by atoms with Gasteiger partial charge in [0, 0.05) is 17.8 Å². The van der Waals surface area contributed by atoms with Crippen LogP contribution in [0.3, 0.4) is 0 Å². The molecule has 2 fully saturated rings. The number of nitrogens with one attached hydrogen (secondary N) is 1. The molecule has 2 bridgehead atoms. The Labute approximate surface area is 164 Å². The summed E-state index contributed by atoms with van der Waals surface area (Å²) in [6.45, 7) is 1.91. The molecule has 2 aliphatic heterocycles. The molecule has 1 aromatic heterocycles. The first-order valence-electron chi connectivity index (χ1n) is 9.16. The van der Waals surface area contributed by atoms with Gasteiger partial charge >= 0.3 is 6.36 Å². The molecule has 0 saturated carbocycles. The zero-order valence-corrected chi connectivity index (χ0v) is 15.4. The Morgan fingerprint density at radius 3 is 2.72 bits per heavy atom. The summed E-state index contributed by atoms with van der Waals surface area (Å²) in [7, 11) is 0. The maximum Gasteiger partial charge on any atom is 0.573 e.